The normalized spacial score (nSPS) is 16.6. The van der Waals surface area contributed by atoms with Gasteiger partial charge >= 0.3 is 0 Å². The van der Waals surface area contributed by atoms with Gasteiger partial charge in [0.05, 0.1) is 11.5 Å². The molecule has 0 spiro atoms. The molecule has 1 aliphatic rings. The van der Waals surface area contributed by atoms with Gasteiger partial charge in [0.1, 0.15) is 23.2 Å². The Labute approximate surface area is 197 Å². The zero-order chi connectivity index (χ0) is 23.3. The topological polar surface area (TPSA) is 59.7 Å². The van der Waals surface area contributed by atoms with Crippen molar-refractivity contribution in [3.63, 3.8) is 0 Å². The van der Waals surface area contributed by atoms with Crippen molar-refractivity contribution in [1.29, 1.82) is 0 Å². The lowest BCUT2D eigenvalue weighted by molar-refractivity contribution is 0.0208. The summed E-state index contributed by atoms with van der Waals surface area (Å²) < 4.78 is 11.6. The number of benzene rings is 4. The Hall–Kier alpha value is -4.15. The highest BCUT2D eigenvalue weighted by molar-refractivity contribution is 5.78. The number of aliphatic hydroxyl groups is 1. The summed E-state index contributed by atoms with van der Waals surface area (Å²) in [6, 6.07) is 36.2. The molecule has 2 unspecified atom stereocenters. The molecule has 0 radical (unpaired) electrons. The van der Waals surface area contributed by atoms with Crippen molar-refractivity contribution < 1.29 is 14.3 Å². The Morgan fingerprint density at radius 3 is 2.18 bits per heavy atom. The van der Waals surface area contributed by atoms with Crippen LogP contribution in [0, 0.1) is 0 Å². The first kappa shape index (κ1) is 21.7. The van der Waals surface area contributed by atoms with E-state index in [4.69, 9.17) is 9.15 Å². The van der Waals surface area contributed by atoms with E-state index in [2.05, 4.69) is 0 Å². The van der Waals surface area contributed by atoms with Crippen molar-refractivity contribution in [2.45, 2.75) is 18.6 Å². The van der Waals surface area contributed by atoms with Crippen LogP contribution in [0.15, 0.2) is 124 Å². The third-order valence-corrected chi connectivity index (χ3v) is 5.83. The van der Waals surface area contributed by atoms with Crippen LogP contribution in [0.1, 0.15) is 17.2 Å². The summed E-state index contributed by atoms with van der Waals surface area (Å²) in [5.74, 6) is 1.49. The van der Waals surface area contributed by atoms with Gasteiger partial charge in [-0.25, -0.2) is 0 Å². The minimum Gasteiger partial charge on any atom is -0.483 e. The number of ether oxygens (including phenoxy) is 1. The van der Waals surface area contributed by atoms with Crippen LogP contribution >= 0.6 is 0 Å². The molecule has 4 nitrogen and oxygen atoms in total. The lowest BCUT2D eigenvalue weighted by Gasteiger charge is -2.30. The van der Waals surface area contributed by atoms with Gasteiger partial charge in [-0.15, -0.1) is 0 Å². The Balaban J connectivity index is 0.000000142. The Kier molecular flexibility index (Phi) is 6.23. The van der Waals surface area contributed by atoms with Gasteiger partial charge in [0, 0.05) is 18.1 Å². The molecule has 2 atom stereocenters. The molecular weight excluding hydrogens is 424 g/mol. The highest BCUT2D eigenvalue weighted by atomic mass is 16.5. The van der Waals surface area contributed by atoms with Gasteiger partial charge in [-0.05, 0) is 29.3 Å². The van der Waals surface area contributed by atoms with E-state index in [1.54, 1.807) is 6.07 Å². The van der Waals surface area contributed by atoms with E-state index in [1.807, 2.05) is 103 Å². The van der Waals surface area contributed by atoms with E-state index in [0.29, 0.717) is 23.2 Å². The van der Waals surface area contributed by atoms with Gasteiger partial charge in [-0.1, -0.05) is 91.0 Å². The molecule has 34 heavy (non-hydrogen) atoms. The smallest absolute Gasteiger partial charge is 0.193 e. The maximum absolute atomic E-state index is 11.9. The summed E-state index contributed by atoms with van der Waals surface area (Å²) in [5.41, 5.74) is 3.63. The first-order valence-electron chi connectivity index (χ1n) is 11.2. The SMILES string of the molecule is O=c1cc(-c2ccccc2)oc2ccccc12.OC1Cc2ccccc2OC1c1ccccc1. The lowest BCUT2D eigenvalue weighted by Crippen LogP contribution is -2.30. The second-order valence-corrected chi connectivity index (χ2v) is 8.17. The molecule has 0 bridgehead atoms. The molecule has 4 heteroatoms. The molecule has 168 valence electrons. The van der Waals surface area contributed by atoms with Gasteiger partial charge in [0.2, 0.25) is 0 Å². The third-order valence-electron chi connectivity index (χ3n) is 5.83. The molecule has 6 rings (SSSR count). The zero-order valence-electron chi connectivity index (χ0n) is 18.5. The van der Waals surface area contributed by atoms with E-state index >= 15 is 0 Å². The first-order valence-corrected chi connectivity index (χ1v) is 11.2. The van der Waals surface area contributed by atoms with Crippen molar-refractivity contribution >= 4 is 11.0 Å². The van der Waals surface area contributed by atoms with Crippen LogP contribution in [0.4, 0.5) is 0 Å². The van der Waals surface area contributed by atoms with Crippen LogP contribution in [0.5, 0.6) is 5.75 Å². The predicted molar refractivity (Wildman–Crippen MR) is 134 cm³/mol. The summed E-state index contributed by atoms with van der Waals surface area (Å²) in [5, 5.41) is 10.8. The number of fused-ring (bicyclic) bond motifs is 2. The maximum atomic E-state index is 11.9. The van der Waals surface area contributed by atoms with Crippen molar-refractivity contribution in [3.05, 3.63) is 137 Å². The minimum atomic E-state index is -0.479. The molecule has 0 saturated heterocycles. The second kappa shape index (κ2) is 9.77. The molecule has 0 aliphatic carbocycles. The summed E-state index contributed by atoms with van der Waals surface area (Å²) in [6.45, 7) is 0. The van der Waals surface area contributed by atoms with E-state index in [-0.39, 0.29) is 11.5 Å². The Bertz CT molecular complexity index is 1440. The molecular formula is C30H24O4. The van der Waals surface area contributed by atoms with E-state index in [0.717, 1.165) is 22.4 Å². The first-order chi connectivity index (χ1) is 16.7. The molecule has 2 heterocycles. The number of hydrogen-bond acceptors (Lipinski definition) is 4. The van der Waals surface area contributed by atoms with Gasteiger partial charge in [0.25, 0.3) is 0 Å². The molecule has 1 aliphatic heterocycles. The molecule has 4 aromatic carbocycles. The average molecular weight is 449 g/mol. The van der Waals surface area contributed by atoms with Gasteiger partial charge in [0.15, 0.2) is 5.43 Å². The summed E-state index contributed by atoms with van der Waals surface area (Å²) in [4.78, 5) is 11.9. The van der Waals surface area contributed by atoms with Crippen LogP contribution in [-0.4, -0.2) is 11.2 Å². The average Bonchev–Trinajstić information content (AvgIpc) is 2.90. The quantitative estimate of drug-likeness (QED) is 0.350. The van der Waals surface area contributed by atoms with Crippen LogP contribution in [0.2, 0.25) is 0 Å². The molecule has 0 saturated carbocycles. The standard InChI is InChI=1S/C15H10O2.C15H14O2/c16-13-10-15(11-6-2-1-3-7-11)17-14-9-5-4-8-12(13)14;16-13-10-12-8-4-5-9-14(12)17-15(13)11-6-2-1-3-7-11/h1-10H;1-9,13,15-16H,10H2. The highest BCUT2D eigenvalue weighted by Gasteiger charge is 2.29. The largest absolute Gasteiger partial charge is 0.483 e. The summed E-state index contributed by atoms with van der Waals surface area (Å²) >= 11 is 0. The summed E-state index contributed by atoms with van der Waals surface area (Å²) in [7, 11) is 0. The third kappa shape index (κ3) is 4.63. The van der Waals surface area contributed by atoms with Crippen LogP contribution < -0.4 is 10.2 Å². The molecule has 5 aromatic rings. The second-order valence-electron chi connectivity index (χ2n) is 8.17. The van der Waals surface area contributed by atoms with Crippen molar-refractivity contribution in [3.8, 4) is 17.1 Å². The van der Waals surface area contributed by atoms with Crippen molar-refractivity contribution in [2.24, 2.45) is 0 Å². The molecule has 1 N–H and O–H groups in total. The molecule has 1 aromatic heterocycles. The zero-order valence-corrected chi connectivity index (χ0v) is 18.5. The number of hydrogen-bond donors (Lipinski definition) is 1. The fraction of sp³-hybridized carbons (Fsp3) is 0.100. The Morgan fingerprint density at radius 1 is 0.735 bits per heavy atom. The molecule has 0 fully saturated rings. The van der Waals surface area contributed by atoms with Crippen molar-refractivity contribution in [1.82, 2.24) is 0 Å². The number of para-hydroxylation sites is 2. The van der Waals surface area contributed by atoms with Gasteiger partial charge in [-0.2, -0.15) is 0 Å². The molecule has 0 amide bonds. The lowest BCUT2D eigenvalue weighted by atomic mass is 9.95. The van der Waals surface area contributed by atoms with Crippen LogP contribution in [-0.2, 0) is 6.42 Å². The van der Waals surface area contributed by atoms with E-state index < -0.39 is 6.10 Å². The van der Waals surface area contributed by atoms with Gasteiger partial charge in [-0.3, -0.25) is 4.79 Å². The maximum Gasteiger partial charge on any atom is 0.193 e. The van der Waals surface area contributed by atoms with E-state index in [1.165, 1.54) is 6.07 Å². The minimum absolute atomic E-state index is 0.00861. The fourth-order valence-electron chi connectivity index (χ4n) is 4.12. The fourth-order valence-corrected chi connectivity index (χ4v) is 4.12. The van der Waals surface area contributed by atoms with Crippen molar-refractivity contribution in [2.75, 3.05) is 0 Å². The van der Waals surface area contributed by atoms with E-state index in [9.17, 15) is 9.90 Å². The predicted octanol–water partition coefficient (Wildman–Crippen LogP) is 6.18. The number of rotatable bonds is 2. The highest BCUT2D eigenvalue weighted by Crippen LogP contribution is 2.34. The summed E-state index contributed by atoms with van der Waals surface area (Å²) in [6.07, 6.45) is -0.0890. The Morgan fingerprint density at radius 2 is 1.38 bits per heavy atom. The van der Waals surface area contributed by atoms with Crippen LogP contribution in [0.3, 0.4) is 0 Å². The van der Waals surface area contributed by atoms with Crippen LogP contribution in [0.25, 0.3) is 22.3 Å². The monoisotopic (exact) mass is 448 g/mol. The van der Waals surface area contributed by atoms with Gasteiger partial charge < -0.3 is 14.3 Å². The number of aliphatic hydroxyl groups excluding tert-OH is 1.